The van der Waals surface area contributed by atoms with Gasteiger partial charge in [-0.1, -0.05) is 25.5 Å². The third-order valence-corrected chi connectivity index (χ3v) is 2.94. The van der Waals surface area contributed by atoms with E-state index in [0.29, 0.717) is 5.56 Å². The normalized spacial score (nSPS) is 10.3. The molecule has 0 aliphatic carbocycles. The van der Waals surface area contributed by atoms with Crippen molar-refractivity contribution in [2.24, 2.45) is 5.84 Å². The molecule has 0 bridgehead atoms. The first-order chi connectivity index (χ1) is 9.74. The van der Waals surface area contributed by atoms with Gasteiger partial charge in [-0.05, 0) is 30.2 Å². The molecular formula is C15H18N2O3. The van der Waals surface area contributed by atoms with Crippen molar-refractivity contribution in [2.45, 2.75) is 26.4 Å². The summed E-state index contributed by atoms with van der Waals surface area (Å²) in [5.41, 5.74) is 3.98. The van der Waals surface area contributed by atoms with Gasteiger partial charge in [-0.25, -0.2) is 5.84 Å². The van der Waals surface area contributed by atoms with Crippen molar-refractivity contribution >= 4 is 5.91 Å². The molecule has 20 heavy (non-hydrogen) atoms. The standard InChI is InChI=1S/C15H18N2O3/c1-2-3-11-4-6-13(7-5-11)20-10-12-8-9-19-14(12)15(18)17-16/h4-9H,2-3,10,16H2,1H3,(H,17,18). The summed E-state index contributed by atoms with van der Waals surface area (Å²) in [6.45, 7) is 2.40. The monoisotopic (exact) mass is 274 g/mol. The summed E-state index contributed by atoms with van der Waals surface area (Å²) in [6, 6.07) is 9.63. The van der Waals surface area contributed by atoms with E-state index in [1.807, 2.05) is 29.7 Å². The van der Waals surface area contributed by atoms with Gasteiger partial charge < -0.3 is 9.15 Å². The Bertz CT molecular complexity index is 561. The summed E-state index contributed by atoms with van der Waals surface area (Å²) in [6.07, 6.45) is 3.61. The number of benzene rings is 1. The molecule has 0 saturated heterocycles. The molecule has 0 fully saturated rings. The summed E-state index contributed by atoms with van der Waals surface area (Å²) >= 11 is 0. The van der Waals surface area contributed by atoms with Crippen LogP contribution < -0.4 is 16.0 Å². The molecule has 0 aliphatic heterocycles. The summed E-state index contributed by atoms with van der Waals surface area (Å²) in [4.78, 5) is 11.4. The highest BCUT2D eigenvalue weighted by Gasteiger charge is 2.14. The van der Waals surface area contributed by atoms with E-state index in [1.165, 1.54) is 11.8 Å². The number of carbonyl (C=O) groups excluding carboxylic acids is 1. The van der Waals surface area contributed by atoms with E-state index in [0.717, 1.165) is 18.6 Å². The molecule has 0 saturated carbocycles. The van der Waals surface area contributed by atoms with Crippen molar-refractivity contribution in [3.8, 4) is 5.75 Å². The Labute approximate surface area is 117 Å². The minimum Gasteiger partial charge on any atom is -0.489 e. The second-order valence-corrected chi connectivity index (χ2v) is 4.43. The summed E-state index contributed by atoms with van der Waals surface area (Å²) < 4.78 is 10.7. The summed E-state index contributed by atoms with van der Waals surface area (Å²) in [5.74, 6) is 5.55. The lowest BCUT2D eigenvalue weighted by atomic mass is 10.1. The maximum absolute atomic E-state index is 11.4. The number of furan rings is 1. The topological polar surface area (TPSA) is 77.5 Å². The van der Waals surface area contributed by atoms with Gasteiger partial charge in [0.15, 0.2) is 5.76 Å². The van der Waals surface area contributed by atoms with Gasteiger partial charge in [0.1, 0.15) is 12.4 Å². The van der Waals surface area contributed by atoms with Gasteiger partial charge in [0.2, 0.25) is 0 Å². The Morgan fingerprint density at radius 2 is 2.05 bits per heavy atom. The van der Waals surface area contributed by atoms with Gasteiger partial charge in [-0.15, -0.1) is 0 Å². The number of nitrogens with one attached hydrogen (secondary N) is 1. The Hall–Kier alpha value is -2.27. The molecule has 0 radical (unpaired) electrons. The van der Waals surface area contributed by atoms with E-state index in [1.54, 1.807) is 6.07 Å². The lowest BCUT2D eigenvalue weighted by Crippen LogP contribution is -2.30. The molecule has 2 rings (SSSR count). The van der Waals surface area contributed by atoms with Crippen molar-refractivity contribution < 1.29 is 13.9 Å². The lowest BCUT2D eigenvalue weighted by Gasteiger charge is -2.07. The van der Waals surface area contributed by atoms with E-state index in [9.17, 15) is 4.79 Å². The molecule has 0 atom stereocenters. The van der Waals surface area contributed by atoms with Crippen molar-refractivity contribution in [1.82, 2.24) is 5.43 Å². The van der Waals surface area contributed by atoms with Crippen LogP contribution in [0.4, 0.5) is 0 Å². The molecule has 1 aromatic heterocycles. The SMILES string of the molecule is CCCc1ccc(OCc2ccoc2C(=O)NN)cc1. The van der Waals surface area contributed by atoms with Crippen molar-refractivity contribution in [3.63, 3.8) is 0 Å². The molecular weight excluding hydrogens is 256 g/mol. The van der Waals surface area contributed by atoms with Crippen molar-refractivity contribution in [1.29, 1.82) is 0 Å². The van der Waals surface area contributed by atoms with Gasteiger partial charge in [0.25, 0.3) is 0 Å². The van der Waals surface area contributed by atoms with Gasteiger partial charge in [-0.2, -0.15) is 0 Å². The number of nitrogens with two attached hydrogens (primary N) is 1. The Kier molecular flexibility index (Phi) is 4.79. The average molecular weight is 274 g/mol. The molecule has 1 heterocycles. The smallest absolute Gasteiger partial charge is 0.301 e. The first kappa shape index (κ1) is 14.1. The fraction of sp³-hybridized carbons (Fsp3) is 0.267. The van der Waals surface area contributed by atoms with E-state index >= 15 is 0 Å². The van der Waals surface area contributed by atoms with Crippen LogP contribution in [0, 0.1) is 0 Å². The molecule has 3 N–H and O–H groups in total. The fourth-order valence-corrected chi connectivity index (χ4v) is 1.92. The van der Waals surface area contributed by atoms with Crippen LogP contribution in [0.15, 0.2) is 41.0 Å². The predicted octanol–water partition coefficient (Wildman–Crippen LogP) is 2.41. The van der Waals surface area contributed by atoms with E-state index in [-0.39, 0.29) is 12.4 Å². The highest BCUT2D eigenvalue weighted by Crippen LogP contribution is 2.17. The van der Waals surface area contributed by atoms with Crippen LogP contribution in [0.25, 0.3) is 0 Å². The second-order valence-electron chi connectivity index (χ2n) is 4.43. The number of rotatable bonds is 6. The maximum Gasteiger partial charge on any atom is 0.301 e. The van der Waals surface area contributed by atoms with Crippen LogP contribution in [-0.4, -0.2) is 5.91 Å². The van der Waals surface area contributed by atoms with Crippen molar-refractivity contribution in [2.75, 3.05) is 0 Å². The Morgan fingerprint density at radius 3 is 2.70 bits per heavy atom. The second kappa shape index (κ2) is 6.77. The quantitative estimate of drug-likeness (QED) is 0.482. The lowest BCUT2D eigenvalue weighted by molar-refractivity contribution is 0.0922. The molecule has 106 valence electrons. The number of hydrazine groups is 1. The van der Waals surface area contributed by atoms with E-state index in [2.05, 4.69) is 6.92 Å². The number of ether oxygens (including phenoxy) is 1. The molecule has 0 aliphatic rings. The minimum atomic E-state index is -0.466. The number of amides is 1. The van der Waals surface area contributed by atoms with Crippen LogP contribution in [0.3, 0.4) is 0 Å². The largest absolute Gasteiger partial charge is 0.489 e. The number of hydrogen-bond donors (Lipinski definition) is 2. The van der Waals surface area contributed by atoms with Crippen LogP contribution in [0.2, 0.25) is 0 Å². The molecule has 1 aromatic carbocycles. The number of nitrogen functional groups attached to an aromatic ring is 1. The van der Waals surface area contributed by atoms with Gasteiger partial charge >= 0.3 is 5.91 Å². The Balaban J connectivity index is 1.98. The zero-order chi connectivity index (χ0) is 14.4. The van der Waals surface area contributed by atoms with Crippen LogP contribution in [0.1, 0.15) is 35.0 Å². The molecule has 5 nitrogen and oxygen atoms in total. The first-order valence-corrected chi connectivity index (χ1v) is 6.53. The zero-order valence-electron chi connectivity index (χ0n) is 11.4. The molecule has 0 unspecified atom stereocenters. The third-order valence-electron chi connectivity index (χ3n) is 2.94. The molecule has 1 amide bonds. The number of hydrogen-bond acceptors (Lipinski definition) is 4. The first-order valence-electron chi connectivity index (χ1n) is 6.53. The Morgan fingerprint density at radius 1 is 1.30 bits per heavy atom. The molecule has 5 heteroatoms. The highest BCUT2D eigenvalue weighted by atomic mass is 16.5. The summed E-state index contributed by atoms with van der Waals surface area (Å²) in [7, 11) is 0. The zero-order valence-corrected chi connectivity index (χ0v) is 11.4. The van der Waals surface area contributed by atoms with E-state index < -0.39 is 5.91 Å². The van der Waals surface area contributed by atoms with Crippen LogP contribution in [0.5, 0.6) is 5.75 Å². The third kappa shape index (κ3) is 3.39. The highest BCUT2D eigenvalue weighted by molar-refractivity contribution is 5.92. The molecule has 2 aromatic rings. The van der Waals surface area contributed by atoms with Gasteiger partial charge in [0.05, 0.1) is 6.26 Å². The van der Waals surface area contributed by atoms with Crippen molar-refractivity contribution in [3.05, 3.63) is 53.5 Å². The predicted molar refractivity (Wildman–Crippen MR) is 75.1 cm³/mol. The fourth-order valence-electron chi connectivity index (χ4n) is 1.92. The van der Waals surface area contributed by atoms with Crippen LogP contribution >= 0.6 is 0 Å². The number of carbonyl (C=O) groups is 1. The number of aryl methyl sites for hydroxylation is 1. The maximum atomic E-state index is 11.4. The summed E-state index contributed by atoms with van der Waals surface area (Å²) in [5, 5.41) is 0. The molecule has 0 spiro atoms. The van der Waals surface area contributed by atoms with Crippen LogP contribution in [-0.2, 0) is 13.0 Å². The van der Waals surface area contributed by atoms with E-state index in [4.69, 9.17) is 15.0 Å². The minimum absolute atomic E-state index is 0.176. The van der Waals surface area contributed by atoms with Gasteiger partial charge in [0, 0.05) is 5.56 Å². The average Bonchev–Trinajstić information content (AvgIpc) is 2.94. The van der Waals surface area contributed by atoms with Gasteiger partial charge in [-0.3, -0.25) is 10.2 Å².